The molecule has 3 fully saturated rings. The summed E-state index contributed by atoms with van der Waals surface area (Å²) in [7, 11) is 0. The number of hydrogen-bond acceptors (Lipinski definition) is 3. The quantitative estimate of drug-likeness (QED) is 0.777. The van der Waals surface area contributed by atoms with Crippen molar-refractivity contribution in [3.05, 3.63) is 35.4 Å². The highest BCUT2D eigenvalue weighted by Gasteiger charge is 2.38. The molecule has 2 aliphatic heterocycles. The van der Waals surface area contributed by atoms with Crippen molar-refractivity contribution in [2.24, 2.45) is 11.8 Å². The zero-order chi connectivity index (χ0) is 19.5. The molecule has 0 aromatic heterocycles. The van der Waals surface area contributed by atoms with E-state index in [4.69, 9.17) is 0 Å². The molecule has 2 amide bonds. The molecule has 2 atom stereocenters. The van der Waals surface area contributed by atoms with Crippen molar-refractivity contribution in [3.63, 3.8) is 0 Å². The second kappa shape index (κ2) is 8.89. The van der Waals surface area contributed by atoms with E-state index in [1.807, 2.05) is 21.6 Å². The van der Waals surface area contributed by atoms with Crippen molar-refractivity contribution in [2.45, 2.75) is 44.9 Å². The van der Waals surface area contributed by atoms with Gasteiger partial charge >= 0.3 is 0 Å². The van der Waals surface area contributed by atoms with Crippen LogP contribution in [-0.2, 0) is 9.59 Å². The Morgan fingerprint density at radius 1 is 0.964 bits per heavy atom. The predicted molar refractivity (Wildman–Crippen MR) is 114 cm³/mol. The summed E-state index contributed by atoms with van der Waals surface area (Å²) in [6, 6.07) is 8.61. The molecule has 2 saturated heterocycles. The topological polar surface area (TPSA) is 40.6 Å². The molecule has 28 heavy (non-hydrogen) atoms. The Morgan fingerprint density at radius 3 is 2.39 bits per heavy atom. The Bertz CT molecular complexity index is 710. The van der Waals surface area contributed by atoms with Crippen molar-refractivity contribution in [1.82, 2.24) is 9.80 Å². The second-order valence-corrected chi connectivity index (χ2v) is 9.93. The first-order valence-corrected chi connectivity index (χ1v) is 12.0. The molecule has 2 unspecified atom stereocenters. The van der Waals surface area contributed by atoms with E-state index >= 15 is 0 Å². The van der Waals surface area contributed by atoms with Gasteiger partial charge in [0.2, 0.25) is 11.8 Å². The number of hydrogen-bond donors (Lipinski definition) is 0. The minimum Gasteiger partial charge on any atom is -0.341 e. The fourth-order valence-corrected chi connectivity index (χ4v) is 6.00. The molecule has 2 heterocycles. The van der Waals surface area contributed by atoms with Gasteiger partial charge in [-0.15, -0.1) is 0 Å². The average Bonchev–Trinajstić information content (AvgIpc) is 3.28. The molecular weight excluding hydrogens is 368 g/mol. The molecule has 1 aliphatic carbocycles. The van der Waals surface area contributed by atoms with Gasteiger partial charge in [-0.1, -0.05) is 42.7 Å². The molecule has 5 heteroatoms. The highest BCUT2D eigenvalue weighted by Crippen LogP contribution is 2.35. The summed E-state index contributed by atoms with van der Waals surface area (Å²) in [5.74, 6) is 3.00. The molecule has 4 nitrogen and oxygen atoms in total. The van der Waals surface area contributed by atoms with Crippen LogP contribution in [0.2, 0.25) is 0 Å². The second-order valence-electron chi connectivity index (χ2n) is 8.71. The van der Waals surface area contributed by atoms with Gasteiger partial charge < -0.3 is 9.80 Å². The van der Waals surface area contributed by atoms with Crippen LogP contribution in [0.15, 0.2) is 24.3 Å². The lowest BCUT2D eigenvalue weighted by Gasteiger charge is -2.40. The molecule has 0 spiro atoms. The Labute approximate surface area is 173 Å². The number of nitrogens with zero attached hydrogens (tertiary/aromatic N) is 2. The number of aryl methyl sites for hydroxylation is 1. The Hall–Kier alpha value is -1.49. The number of likely N-dealkylation sites (tertiary alicyclic amines) is 1. The monoisotopic (exact) mass is 400 g/mol. The van der Waals surface area contributed by atoms with Crippen LogP contribution in [0.25, 0.3) is 0 Å². The fraction of sp³-hybridized carbons (Fsp3) is 0.652. The van der Waals surface area contributed by atoms with Crippen molar-refractivity contribution in [2.75, 3.05) is 37.7 Å². The van der Waals surface area contributed by atoms with Gasteiger partial charge in [-0.05, 0) is 31.7 Å². The SMILES string of the molecule is Cc1cccc(C2CC(C(=O)N3CCSCC3)CN(C(=O)C3CCCC3)C2)c1. The van der Waals surface area contributed by atoms with Gasteiger partial charge in [-0.2, -0.15) is 11.8 Å². The van der Waals surface area contributed by atoms with E-state index in [1.165, 1.54) is 24.0 Å². The summed E-state index contributed by atoms with van der Waals surface area (Å²) < 4.78 is 0. The lowest BCUT2D eigenvalue weighted by atomic mass is 9.82. The molecule has 3 aliphatic rings. The zero-order valence-electron chi connectivity index (χ0n) is 16.9. The maximum absolute atomic E-state index is 13.3. The first-order chi connectivity index (χ1) is 13.6. The van der Waals surface area contributed by atoms with Crippen molar-refractivity contribution in [1.29, 1.82) is 0 Å². The van der Waals surface area contributed by atoms with E-state index in [1.54, 1.807) is 0 Å². The molecule has 0 radical (unpaired) electrons. The fourth-order valence-electron chi connectivity index (χ4n) is 5.10. The van der Waals surface area contributed by atoms with E-state index in [0.717, 1.165) is 50.4 Å². The molecular formula is C23H32N2O2S. The molecule has 1 aromatic rings. The molecule has 0 N–H and O–H groups in total. The third-order valence-electron chi connectivity index (χ3n) is 6.65. The molecule has 1 aromatic carbocycles. The van der Waals surface area contributed by atoms with Crippen LogP contribution in [0.4, 0.5) is 0 Å². The summed E-state index contributed by atoms with van der Waals surface area (Å²) in [4.78, 5) is 30.5. The maximum Gasteiger partial charge on any atom is 0.227 e. The molecule has 4 rings (SSSR count). The molecule has 0 bridgehead atoms. The average molecular weight is 401 g/mol. The predicted octanol–water partition coefficient (Wildman–Crippen LogP) is 3.69. The maximum atomic E-state index is 13.3. The smallest absolute Gasteiger partial charge is 0.227 e. The van der Waals surface area contributed by atoms with E-state index in [0.29, 0.717) is 12.5 Å². The van der Waals surface area contributed by atoms with Gasteiger partial charge in [-0.3, -0.25) is 9.59 Å². The Morgan fingerprint density at radius 2 is 1.68 bits per heavy atom. The number of benzene rings is 1. The molecule has 1 saturated carbocycles. The minimum absolute atomic E-state index is 0.0623. The number of carbonyl (C=O) groups excluding carboxylic acids is 2. The first-order valence-electron chi connectivity index (χ1n) is 10.8. The van der Waals surface area contributed by atoms with Crippen LogP contribution >= 0.6 is 11.8 Å². The van der Waals surface area contributed by atoms with Crippen molar-refractivity contribution >= 4 is 23.6 Å². The largest absolute Gasteiger partial charge is 0.341 e. The third kappa shape index (κ3) is 4.40. The molecule has 152 valence electrons. The highest BCUT2D eigenvalue weighted by atomic mass is 32.2. The lowest BCUT2D eigenvalue weighted by molar-refractivity contribution is -0.143. The third-order valence-corrected chi connectivity index (χ3v) is 7.59. The number of carbonyl (C=O) groups is 2. The number of rotatable bonds is 3. The number of piperidine rings is 1. The van der Waals surface area contributed by atoms with Crippen LogP contribution in [0.3, 0.4) is 0 Å². The summed E-state index contributed by atoms with van der Waals surface area (Å²) in [6.45, 7) is 5.19. The highest BCUT2D eigenvalue weighted by molar-refractivity contribution is 7.99. The number of amides is 2. The van der Waals surface area contributed by atoms with E-state index < -0.39 is 0 Å². The van der Waals surface area contributed by atoms with Crippen LogP contribution in [0.5, 0.6) is 0 Å². The van der Waals surface area contributed by atoms with Gasteiger partial charge in [0.1, 0.15) is 0 Å². The zero-order valence-corrected chi connectivity index (χ0v) is 17.8. The Kier molecular flexibility index (Phi) is 6.29. The van der Waals surface area contributed by atoms with Gasteiger partial charge in [-0.25, -0.2) is 0 Å². The Balaban J connectivity index is 1.54. The minimum atomic E-state index is -0.0623. The lowest BCUT2D eigenvalue weighted by Crippen LogP contribution is -2.51. The van der Waals surface area contributed by atoms with Gasteiger partial charge in [0.05, 0.1) is 5.92 Å². The van der Waals surface area contributed by atoms with E-state index in [-0.39, 0.29) is 23.7 Å². The van der Waals surface area contributed by atoms with Crippen molar-refractivity contribution in [3.8, 4) is 0 Å². The summed E-state index contributed by atoms with van der Waals surface area (Å²) >= 11 is 1.93. The van der Waals surface area contributed by atoms with Gasteiger partial charge in [0.15, 0.2) is 0 Å². The van der Waals surface area contributed by atoms with E-state index in [9.17, 15) is 9.59 Å². The van der Waals surface area contributed by atoms with Gasteiger partial charge in [0.25, 0.3) is 0 Å². The van der Waals surface area contributed by atoms with E-state index in [2.05, 4.69) is 31.2 Å². The normalized spacial score (nSPS) is 26.5. The van der Waals surface area contributed by atoms with Crippen LogP contribution in [-0.4, -0.2) is 59.3 Å². The van der Waals surface area contributed by atoms with Crippen LogP contribution < -0.4 is 0 Å². The van der Waals surface area contributed by atoms with Gasteiger partial charge in [0, 0.05) is 49.5 Å². The van der Waals surface area contributed by atoms with Crippen molar-refractivity contribution < 1.29 is 9.59 Å². The summed E-state index contributed by atoms with van der Waals surface area (Å²) in [5, 5.41) is 0. The summed E-state index contributed by atoms with van der Waals surface area (Å²) in [6.07, 6.45) is 5.23. The number of thioether (sulfide) groups is 1. The van der Waals surface area contributed by atoms with Crippen LogP contribution in [0.1, 0.15) is 49.1 Å². The first kappa shape index (κ1) is 19.8. The summed E-state index contributed by atoms with van der Waals surface area (Å²) in [5.41, 5.74) is 2.52. The standard InChI is InChI=1S/C23H32N2O2S/c1-17-5-4-8-19(13-17)20-14-21(23(27)24-9-11-28-12-10-24)16-25(15-20)22(26)18-6-2-3-7-18/h4-5,8,13,18,20-21H,2-3,6-7,9-12,14-16H2,1H3. The van der Waals surface area contributed by atoms with Crippen LogP contribution in [0, 0.1) is 18.8 Å².